The number of hydrogen-bond donors (Lipinski definition) is 2. The molecule has 3 aromatic rings. The van der Waals surface area contributed by atoms with E-state index < -0.39 is 24.0 Å². The minimum absolute atomic E-state index is 0.0243. The smallest absolute Gasteiger partial charge is 0.409 e. The minimum Gasteiger partial charge on any atom is -0.465 e. The van der Waals surface area contributed by atoms with Gasteiger partial charge in [0.05, 0.1) is 17.9 Å². The minimum atomic E-state index is -1.34. The van der Waals surface area contributed by atoms with Gasteiger partial charge >= 0.3 is 6.09 Å². The molecule has 0 aliphatic carbocycles. The molecule has 1 heterocycles. The molecule has 0 aromatic heterocycles. The molecular formula is C24H20FN3O3. The molecule has 31 heavy (non-hydrogen) atoms. The molecule has 0 spiro atoms. The molecule has 0 fully saturated rings. The van der Waals surface area contributed by atoms with Crippen LogP contribution < -0.4 is 5.32 Å². The summed E-state index contributed by atoms with van der Waals surface area (Å²) < 4.78 is 14.0. The van der Waals surface area contributed by atoms with E-state index in [0.29, 0.717) is 22.5 Å². The number of rotatable bonds is 4. The summed E-state index contributed by atoms with van der Waals surface area (Å²) in [4.78, 5) is 30.8. The van der Waals surface area contributed by atoms with Gasteiger partial charge < -0.3 is 10.4 Å². The zero-order valence-corrected chi connectivity index (χ0v) is 16.7. The molecule has 1 atom stereocenters. The van der Waals surface area contributed by atoms with Crippen LogP contribution in [0, 0.1) is 12.7 Å². The van der Waals surface area contributed by atoms with E-state index in [4.69, 9.17) is 0 Å². The largest absolute Gasteiger partial charge is 0.465 e. The van der Waals surface area contributed by atoms with Crippen molar-refractivity contribution >= 4 is 23.4 Å². The summed E-state index contributed by atoms with van der Waals surface area (Å²) in [5, 5.41) is 12.7. The van der Waals surface area contributed by atoms with Crippen molar-refractivity contribution in [1.82, 2.24) is 4.90 Å². The number of amides is 2. The lowest BCUT2D eigenvalue weighted by Crippen LogP contribution is -2.45. The molecule has 2 N–H and O–H groups in total. The normalized spacial score (nSPS) is 15.4. The molecule has 6 nitrogen and oxygen atoms in total. The lowest BCUT2D eigenvalue weighted by molar-refractivity contribution is -0.120. The van der Waals surface area contributed by atoms with Crippen LogP contribution in [0.25, 0.3) is 0 Å². The highest BCUT2D eigenvalue weighted by Crippen LogP contribution is 2.28. The summed E-state index contributed by atoms with van der Waals surface area (Å²) in [6, 6.07) is 20.3. The molecule has 0 radical (unpaired) electrons. The highest BCUT2D eigenvalue weighted by Gasteiger charge is 2.34. The van der Waals surface area contributed by atoms with E-state index in [-0.39, 0.29) is 6.54 Å². The number of para-hydroxylation sites is 1. The molecule has 0 bridgehead atoms. The van der Waals surface area contributed by atoms with E-state index in [1.165, 1.54) is 12.1 Å². The number of nitrogens with one attached hydrogen (secondary N) is 1. The Kier molecular flexibility index (Phi) is 5.49. The Labute approximate surface area is 178 Å². The number of carbonyl (C=O) groups excluding carboxylic acids is 1. The van der Waals surface area contributed by atoms with Crippen LogP contribution in [-0.4, -0.2) is 33.9 Å². The number of carboxylic acid groups (broad SMARTS) is 1. The van der Waals surface area contributed by atoms with Gasteiger partial charge in [-0.05, 0) is 30.2 Å². The number of nitrogens with zero attached hydrogens (tertiary/aromatic N) is 2. The number of hydrogen-bond acceptors (Lipinski definition) is 3. The fraction of sp³-hybridized carbons (Fsp3) is 0.125. The first-order valence-corrected chi connectivity index (χ1v) is 9.72. The Morgan fingerprint density at radius 2 is 1.84 bits per heavy atom. The van der Waals surface area contributed by atoms with Gasteiger partial charge in [-0.25, -0.2) is 14.2 Å². The van der Waals surface area contributed by atoms with Gasteiger partial charge in [-0.1, -0.05) is 60.7 Å². The number of aliphatic imine (C=N–C) groups is 1. The average molecular weight is 417 g/mol. The monoisotopic (exact) mass is 417 g/mol. The standard InChI is InChI=1S/C24H20FN3O3/c1-15-7-5-12-19-20(15)27-23(29)22(26-21(19)17-10-6-11-18(25)13-17)28(24(30)31)14-16-8-3-2-4-9-16/h2-13,22H,14H2,1H3,(H,27,29)(H,30,31). The number of carbonyl (C=O) groups is 2. The third-order valence-electron chi connectivity index (χ3n) is 5.10. The van der Waals surface area contributed by atoms with Crippen molar-refractivity contribution in [1.29, 1.82) is 0 Å². The summed E-state index contributed by atoms with van der Waals surface area (Å²) in [5.74, 6) is -1.02. The van der Waals surface area contributed by atoms with Crippen molar-refractivity contribution in [3.05, 3.63) is 101 Å². The van der Waals surface area contributed by atoms with E-state index in [2.05, 4.69) is 10.3 Å². The first-order chi connectivity index (χ1) is 14.9. The van der Waals surface area contributed by atoms with Gasteiger partial charge in [0.2, 0.25) is 6.17 Å². The van der Waals surface area contributed by atoms with E-state index in [1.54, 1.807) is 42.5 Å². The van der Waals surface area contributed by atoms with Crippen LogP contribution in [0.1, 0.15) is 22.3 Å². The summed E-state index contributed by atoms with van der Waals surface area (Å²) >= 11 is 0. The van der Waals surface area contributed by atoms with Crippen molar-refractivity contribution in [2.24, 2.45) is 4.99 Å². The summed E-state index contributed by atoms with van der Waals surface area (Å²) in [5.41, 5.74) is 3.45. The fourth-order valence-corrected chi connectivity index (χ4v) is 3.59. The van der Waals surface area contributed by atoms with Crippen LogP contribution in [0.15, 0.2) is 77.8 Å². The number of halogens is 1. The molecule has 4 rings (SSSR count). The molecular weight excluding hydrogens is 397 g/mol. The predicted octanol–water partition coefficient (Wildman–Crippen LogP) is 4.43. The van der Waals surface area contributed by atoms with Crippen molar-refractivity contribution in [3.8, 4) is 0 Å². The Balaban J connectivity index is 1.86. The van der Waals surface area contributed by atoms with Gasteiger partial charge in [0.15, 0.2) is 0 Å². The van der Waals surface area contributed by atoms with Crippen LogP contribution in [0.4, 0.5) is 14.9 Å². The zero-order valence-electron chi connectivity index (χ0n) is 16.7. The maximum atomic E-state index is 14.0. The third-order valence-corrected chi connectivity index (χ3v) is 5.10. The van der Waals surface area contributed by atoms with Crippen LogP contribution in [0.5, 0.6) is 0 Å². The summed E-state index contributed by atoms with van der Waals surface area (Å²) in [6.07, 6.45) is -2.63. The Hall–Kier alpha value is -4.00. The molecule has 156 valence electrons. The number of anilines is 1. The van der Waals surface area contributed by atoms with Gasteiger partial charge in [0.1, 0.15) is 5.82 Å². The number of benzene rings is 3. The highest BCUT2D eigenvalue weighted by atomic mass is 19.1. The second-order valence-corrected chi connectivity index (χ2v) is 7.24. The summed E-state index contributed by atoms with van der Waals surface area (Å²) in [7, 11) is 0. The number of fused-ring (bicyclic) bond motifs is 1. The van der Waals surface area contributed by atoms with E-state index >= 15 is 0 Å². The molecule has 1 unspecified atom stereocenters. The number of aryl methyl sites for hydroxylation is 1. The third kappa shape index (κ3) is 4.16. The summed E-state index contributed by atoms with van der Waals surface area (Å²) in [6.45, 7) is 1.81. The van der Waals surface area contributed by atoms with Gasteiger partial charge in [-0.15, -0.1) is 0 Å². The van der Waals surface area contributed by atoms with Crippen LogP contribution in [0.2, 0.25) is 0 Å². The first-order valence-electron chi connectivity index (χ1n) is 9.72. The molecule has 7 heteroatoms. The molecule has 0 saturated carbocycles. The van der Waals surface area contributed by atoms with Crippen molar-refractivity contribution in [2.45, 2.75) is 19.6 Å². The van der Waals surface area contributed by atoms with Gasteiger partial charge in [0.25, 0.3) is 5.91 Å². The Morgan fingerprint density at radius 3 is 2.55 bits per heavy atom. The Bertz CT molecular complexity index is 1180. The highest BCUT2D eigenvalue weighted by molar-refractivity contribution is 6.20. The van der Waals surface area contributed by atoms with E-state index in [0.717, 1.165) is 16.0 Å². The molecule has 0 saturated heterocycles. The van der Waals surface area contributed by atoms with Gasteiger partial charge in [-0.2, -0.15) is 0 Å². The quantitative estimate of drug-likeness (QED) is 0.659. The lowest BCUT2D eigenvalue weighted by atomic mass is 9.98. The van der Waals surface area contributed by atoms with Crippen molar-refractivity contribution in [2.75, 3.05) is 5.32 Å². The van der Waals surface area contributed by atoms with Crippen LogP contribution >= 0.6 is 0 Å². The average Bonchev–Trinajstić information content (AvgIpc) is 2.90. The van der Waals surface area contributed by atoms with E-state index in [9.17, 15) is 19.1 Å². The molecule has 3 aromatic carbocycles. The fourth-order valence-electron chi connectivity index (χ4n) is 3.59. The predicted molar refractivity (Wildman–Crippen MR) is 116 cm³/mol. The zero-order chi connectivity index (χ0) is 22.0. The SMILES string of the molecule is Cc1cccc2c1NC(=O)C(N(Cc1ccccc1)C(=O)O)N=C2c1cccc(F)c1. The molecule has 1 aliphatic rings. The number of benzodiazepines with no additional fused rings is 1. The van der Waals surface area contributed by atoms with Crippen molar-refractivity contribution in [3.63, 3.8) is 0 Å². The second kappa shape index (κ2) is 8.39. The van der Waals surface area contributed by atoms with Crippen molar-refractivity contribution < 1.29 is 19.1 Å². The maximum absolute atomic E-state index is 14.0. The van der Waals surface area contributed by atoms with E-state index in [1.807, 2.05) is 25.1 Å². The molecule has 1 aliphatic heterocycles. The van der Waals surface area contributed by atoms with Crippen LogP contribution in [-0.2, 0) is 11.3 Å². The topological polar surface area (TPSA) is 82.0 Å². The second-order valence-electron chi connectivity index (χ2n) is 7.24. The van der Waals surface area contributed by atoms with Gasteiger partial charge in [0, 0.05) is 11.1 Å². The lowest BCUT2D eigenvalue weighted by Gasteiger charge is -2.25. The molecule has 2 amide bonds. The van der Waals surface area contributed by atoms with Gasteiger partial charge in [-0.3, -0.25) is 9.69 Å². The van der Waals surface area contributed by atoms with Crippen LogP contribution in [0.3, 0.4) is 0 Å². The maximum Gasteiger partial charge on any atom is 0.409 e. The Morgan fingerprint density at radius 1 is 1.10 bits per heavy atom. The first kappa shape index (κ1) is 20.3.